The maximum absolute atomic E-state index is 16.4. The summed E-state index contributed by atoms with van der Waals surface area (Å²) in [5.41, 5.74) is -1.09. The van der Waals surface area contributed by atoms with Crippen molar-refractivity contribution >= 4 is 28.3 Å². The van der Waals surface area contributed by atoms with E-state index in [4.69, 9.17) is 21.3 Å². The Morgan fingerprint density at radius 3 is 2.58 bits per heavy atom. The molecular formula is C30H34ClF3N4O2. The van der Waals surface area contributed by atoms with Crippen molar-refractivity contribution in [3.05, 3.63) is 40.9 Å². The number of benzene rings is 2. The van der Waals surface area contributed by atoms with Gasteiger partial charge in [-0.15, -0.1) is 0 Å². The fourth-order valence-electron chi connectivity index (χ4n) is 6.85. The zero-order chi connectivity index (χ0) is 28.2. The van der Waals surface area contributed by atoms with Crippen LogP contribution in [-0.4, -0.2) is 64.5 Å². The third-order valence-electron chi connectivity index (χ3n) is 8.83. The molecule has 0 radical (unpaired) electrons. The van der Waals surface area contributed by atoms with Gasteiger partial charge in [-0.25, -0.2) is 13.2 Å². The number of rotatable bonds is 5. The second kappa shape index (κ2) is 10.6. The lowest BCUT2D eigenvalue weighted by Crippen LogP contribution is -2.43. The molecule has 4 heterocycles. The molecule has 0 amide bonds. The van der Waals surface area contributed by atoms with Gasteiger partial charge in [-0.05, 0) is 62.3 Å². The van der Waals surface area contributed by atoms with Crippen molar-refractivity contribution in [1.29, 1.82) is 0 Å². The normalized spacial score (nSPS) is 27.2. The molecule has 6 rings (SSSR count). The van der Waals surface area contributed by atoms with Crippen molar-refractivity contribution in [3.8, 4) is 22.9 Å². The number of hydrogen-bond donors (Lipinski definition) is 1. The maximum atomic E-state index is 16.4. The Bertz CT molecular complexity index is 1410. The predicted molar refractivity (Wildman–Crippen MR) is 150 cm³/mol. The minimum absolute atomic E-state index is 0.0134. The van der Waals surface area contributed by atoms with Crippen molar-refractivity contribution in [1.82, 2.24) is 14.9 Å². The molecule has 4 atom stereocenters. The van der Waals surface area contributed by atoms with Crippen molar-refractivity contribution in [2.45, 2.75) is 57.7 Å². The van der Waals surface area contributed by atoms with E-state index in [-0.39, 0.29) is 34.3 Å². The Hall–Kier alpha value is -2.78. The van der Waals surface area contributed by atoms with E-state index >= 15 is 4.39 Å². The molecule has 6 nitrogen and oxygen atoms in total. The van der Waals surface area contributed by atoms with Crippen molar-refractivity contribution < 1.29 is 23.0 Å². The fraction of sp³-hybridized carbons (Fsp3) is 0.533. The molecule has 40 heavy (non-hydrogen) atoms. The van der Waals surface area contributed by atoms with Crippen LogP contribution in [0, 0.1) is 23.5 Å². The molecule has 0 bridgehead atoms. The number of phenolic OH excluding ortho intramolecular Hbond substituents is 1. The summed E-state index contributed by atoms with van der Waals surface area (Å²) >= 11 is 6.58. The molecule has 0 aliphatic carbocycles. The van der Waals surface area contributed by atoms with Gasteiger partial charge in [0.05, 0.1) is 16.1 Å². The highest BCUT2D eigenvalue weighted by molar-refractivity contribution is 6.34. The predicted octanol–water partition coefficient (Wildman–Crippen LogP) is 6.76. The van der Waals surface area contributed by atoms with E-state index in [0.717, 1.165) is 38.3 Å². The van der Waals surface area contributed by atoms with Crippen molar-refractivity contribution in [2.75, 3.05) is 37.7 Å². The number of halogens is 4. The van der Waals surface area contributed by atoms with Gasteiger partial charge in [0.1, 0.15) is 35.7 Å². The average Bonchev–Trinajstić information content (AvgIpc) is 3.36. The Morgan fingerprint density at radius 1 is 1.10 bits per heavy atom. The number of hydrogen-bond acceptors (Lipinski definition) is 6. The van der Waals surface area contributed by atoms with Crippen LogP contribution in [-0.2, 0) is 0 Å². The van der Waals surface area contributed by atoms with E-state index in [1.807, 2.05) is 0 Å². The minimum Gasteiger partial charge on any atom is -0.507 e. The lowest BCUT2D eigenvalue weighted by atomic mass is 9.95. The number of aromatic nitrogens is 2. The van der Waals surface area contributed by atoms with Gasteiger partial charge in [0.15, 0.2) is 5.82 Å². The van der Waals surface area contributed by atoms with Crippen LogP contribution in [0.3, 0.4) is 0 Å². The second-order valence-corrected chi connectivity index (χ2v) is 12.4. The van der Waals surface area contributed by atoms with Crippen molar-refractivity contribution in [2.24, 2.45) is 11.8 Å². The molecular weight excluding hydrogens is 541 g/mol. The van der Waals surface area contributed by atoms with Crippen LogP contribution >= 0.6 is 11.6 Å². The first-order valence-electron chi connectivity index (χ1n) is 14.1. The molecule has 3 saturated heterocycles. The third-order valence-corrected chi connectivity index (χ3v) is 9.13. The molecule has 3 aliphatic rings. The highest BCUT2D eigenvalue weighted by Crippen LogP contribution is 2.44. The average molecular weight is 575 g/mol. The Morgan fingerprint density at radius 2 is 1.85 bits per heavy atom. The van der Waals surface area contributed by atoms with Crippen LogP contribution in [0.15, 0.2) is 24.3 Å². The second-order valence-electron chi connectivity index (χ2n) is 12.0. The van der Waals surface area contributed by atoms with Gasteiger partial charge in [0.25, 0.3) is 0 Å². The van der Waals surface area contributed by atoms with Gasteiger partial charge < -0.3 is 14.7 Å². The van der Waals surface area contributed by atoms with E-state index in [0.29, 0.717) is 49.1 Å². The first-order chi connectivity index (χ1) is 19.1. The summed E-state index contributed by atoms with van der Waals surface area (Å²) in [5, 5.41) is 10.7. The first-order valence-corrected chi connectivity index (χ1v) is 14.5. The van der Waals surface area contributed by atoms with E-state index in [1.165, 1.54) is 12.1 Å². The van der Waals surface area contributed by atoms with Gasteiger partial charge in [-0.1, -0.05) is 31.5 Å². The first kappa shape index (κ1) is 27.4. The SMILES string of the molecule is CC1CCC(C)CN(c2nc(OC[C@@]34CCCN3C[C@H](F)C4)nc3c(F)c(-c4c(O)cccc4F)c(Cl)cc23)C1. The van der Waals surface area contributed by atoms with Gasteiger partial charge in [0, 0.05) is 37.0 Å². The summed E-state index contributed by atoms with van der Waals surface area (Å²) in [4.78, 5) is 13.5. The number of anilines is 1. The van der Waals surface area contributed by atoms with Gasteiger partial charge >= 0.3 is 6.01 Å². The van der Waals surface area contributed by atoms with Crippen molar-refractivity contribution in [3.63, 3.8) is 0 Å². The number of nitrogens with zero attached hydrogens (tertiary/aromatic N) is 4. The molecule has 10 heteroatoms. The van der Waals surface area contributed by atoms with Crippen LogP contribution in [0.25, 0.3) is 22.0 Å². The molecule has 2 aromatic carbocycles. The summed E-state index contributed by atoms with van der Waals surface area (Å²) in [6, 6.07) is 5.29. The summed E-state index contributed by atoms with van der Waals surface area (Å²) in [6.07, 6.45) is 3.39. The standard InChI is InChI=1S/C30H34ClF3N4O2/c1-17-7-8-18(2)14-37(13-17)28-20-11-21(31)24(25-22(33)5-3-6-23(25)39)26(34)27(20)35-29(36-28)40-16-30-9-4-10-38(30)15-19(32)12-30/h3,5-6,11,17-19,39H,4,7-10,12-16H2,1-2H3/t17?,18?,19-,30+/m1/s1. The van der Waals surface area contributed by atoms with Crippen LogP contribution in [0.2, 0.25) is 5.02 Å². The number of ether oxygens (including phenoxy) is 1. The number of aromatic hydroxyl groups is 1. The molecule has 2 unspecified atom stereocenters. The highest BCUT2D eigenvalue weighted by atomic mass is 35.5. The zero-order valence-electron chi connectivity index (χ0n) is 22.8. The van der Waals surface area contributed by atoms with E-state index in [2.05, 4.69) is 28.6 Å². The summed E-state index contributed by atoms with van der Waals surface area (Å²) < 4.78 is 51.7. The van der Waals surface area contributed by atoms with E-state index in [1.54, 1.807) is 6.07 Å². The molecule has 3 fully saturated rings. The lowest BCUT2D eigenvalue weighted by Gasteiger charge is -2.31. The van der Waals surface area contributed by atoms with Gasteiger partial charge in [0.2, 0.25) is 0 Å². The Balaban J connectivity index is 1.49. The van der Waals surface area contributed by atoms with Gasteiger partial charge in [-0.3, -0.25) is 4.90 Å². The van der Waals surface area contributed by atoms with Crippen LogP contribution in [0.5, 0.6) is 11.8 Å². The smallest absolute Gasteiger partial charge is 0.319 e. The number of phenols is 1. The monoisotopic (exact) mass is 574 g/mol. The molecule has 0 saturated carbocycles. The van der Waals surface area contributed by atoms with E-state index < -0.39 is 29.1 Å². The third kappa shape index (κ3) is 4.85. The largest absolute Gasteiger partial charge is 0.507 e. The lowest BCUT2D eigenvalue weighted by molar-refractivity contribution is 0.107. The molecule has 0 spiro atoms. The number of fused-ring (bicyclic) bond motifs is 2. The van der Waals surface area contributed by atoms with Crippen LogP contribution in [0.4, 0.5) is 19.0 Å². The van der Waals surface area contributed by atoms with Crippen LogP contribution < -0.4 is 9.64 Å². The topological polar surface area (TPSA) is 61.7 Å². The minimum atomic E-state index is -0.910. The fourth-order valence-corrected chi connectivity index (χ4v) is 7.14. The quantitative estimate of drug-likeness (QED) is 0.363. The Labute approximate surface area is 237 Å². The highest BCUT2D eigenvalue weighted by Gasteiger charge is 2.49. The Kier molecular flexibility index (Phi) is 7.23. The maximum Gasteiger partial charge on any atom is 0.319 e. The summed E-state index contributed by atoms with van der Waals surface area (Å²) in [5.74, 6) is -0.814. The van der Waals surface area contributed by atoms with E-state index in [9.17, 15) is 13.9 Å². The zero-order valence-corrected chi connectivity index (χ0v) is 23.5. The van der Waals surface area contributed by atoms with Crippen LogP contribution in [0.1, 0.15) is 46.0 Å². The molecule has 3 aliphatic heterocycles. The summed E-state index contributed by atoms with van der Waals surface area (Å²) in [7, 11) is 0. The summed E-state index contributed by atoms with van der Waals surface area (Å²) in [6.45, 7) is 7.19. The molecule has 214 valence electrons. The molecule has 1 N–H and O–H groups in total. The van der Waals surface area contributed by atoms with Gasteiger partial charge in [-0.2, -0.15) is 9.97 Å². The number of alkyl halides is 1. The molecule has 3 aromatic rings. The molecule has 1 aromatic heterocycles.